The summed E-state index contributed by atoms with van der Waals surface area (Å²) < 4.78 is 12.6. The first-order valence-electron chi connectivity index (χ1n) is 10.9. The SMILES string of the molecule is CCOC(=O)c1nn(C)c2c1CN(C(=O)CCCOc1ccc(C(C)(C)C)cc1)CC2. The molecule has 7 heteroatoms. The second-order valence-electron chi connectivity index (χ2n) is 8.91. The van der Waals surface area contributed by atoms with Crippen LogP contribution in [0.3, 0.4) is 0 Å². The number of carbonyl (C=O) groups is 2. The van der Waals surface area contributed by atoms with E-state index in [1.807, 2.05) is 19.2 Å². The van der Waals surface area contributed by atoms with Gasteiger partial charge in [0.15, 0.2) is 5.69 Å². The van der Waals surface area contributed by atoms with E-state index < -0.39 is 5.97 Å². The van der Waals surface area contributed by atoms with Crippen molar-refractivity contribution < 1.29 is 19.1 Å². The van der Waals surface area contributed by atoms with E-state index in [0.717, 1.165) is 17.0 Å². The zero-order valence-electron chi connectivity index (χ0n) is 19.2. The maximum Gasteiger partial charge on any atom is 0.359 e. The Hall–Kier alpha value is -2.83. The number of aryl methyl sites for hydroxylation is 1. The standard InChI is InChI=1S/C24H33N3O4/c1-6-30-23(29)22-19-16-27(14-13-20(19)26(5)25-22)21(28)8-7-15-31-18-11-9-17(10-12-18)24(2,3)4/h9-12H,6-8,13-16H2,1-5H3. The smallest absolute Gasteiger partial charge is 0.359 e. The third-order valence-corrected chi connectivity index (χ3v) is 5.59. The lowest BCUT2D eigenvalue weighted by atomic mass is 9.87. The minimum Gasteiger partial charge on any atom is -0.494 e. The number of esters is 1. The molecule has 0 saturated heterocycles. The zero-order valence-corrected chi connectivity index (χ0v) is 19.2. The van der Waals surface area contributed by atoms with Crippen molar-refractivity contribution in [2.24, 2.45) is 7.05 Å². The molecule has 0 N–H and O–H groups in total. The third kappa shape index (κ3) is 5.46. The molecule has 2 heterocycles. The molecule has 1 aromatic heterocycles. The highest BCUT2D eigenvalue weighted by molar-refractivity contribution is 5.89. The van der Waals surface area contributed by atoms with E-state index in [1.54, 1.807) is 16.5 Å². The Morgan fingerprint density at radius 2 is 1.87 bits per heavy atom. The molecule has 168 valence electrons. The van der Waals surface area contributed by atoms with Crippen LogP contribution in [-0.4, -0.2) is 46.3 Å². The fourth-order valence-electron chi connectivity index (χ4n) is 3.79. The van der Waals surface area contributed by atoms with Crippen LogP contribution >= 0.6 is 0 Å². The number of amides is 1. The topological polar surface area (TPSA) is 73.7 Å². The Bertz CT molecular complexity index is 926. The molecule has 0 fully saturated rings. The second-order valence-corrected chi connectivity index (χ2v) is 8.91. The number of hydrogen-bond acceptors (Lipinski definition) is 5. The summed E-state index contributed by atoms with van der Waals surface area (Å²) in [7, 11) is 1.82. The fourth-order valence-corrected chi connectivity index (χ4v) is 3.79. The molecule has 0 bridgehead atoms. The van der Waals surface area contributed by atoms with E-state index in [0.29, 0.717) is 51.3 Å². The van der Waals surface area contributed by atoms with Crippen molar-refractivity contribution in [3.8, 4) is 5.75 Å². The normalized spacial score (nSPS) is 13.6. The lowest BCUT2D eigenvalue weighted by molar-refractivity contribution is -0.132. The molecular weight excluding hydrogens is 394 g/mol. The number of nitrogens with zero attached hydrogens (tertiary/aromatic N) is 3. The summed E-state index contributed by atoms with van der Waals surface area (Å²) in [6.45, 7) is 10.1. The number of ether oxygens (including phenoxy) is 2. The van der Waals surface area contributed by atoms with Crippen LogP contribution in [0, 0.1) is 0 Å². The quantitative estimate of drug-likeness (QED) is 0.498. The van der Waals surface area contributed by atoms with E-state index in [1.165, 1.54) is 5.56 Å². The first-order valence-corrected chi connectivity index (χ1v) is 10.9. The fraction of sp³-hybridized carbons (Fsp3) is 0.542. The van der Waals surface area contributed by atoms with Gasteiger partial charge in [-0.25, -0.2) is 4.79 Å². The third-order valence-electron chi connectivity index (χ3n) is 5.59. The van der Waals surface area contributed by atoms with Crippen LogP contribution in [-0.2, 0) is 35.0 Å². The van der Waals surface area contributed by atoms with Crippen LogP contribution in [0.5, 0.6) is 5.75 Å². The van der Waals surface area contributed by atoms with Crippen molar-refractivity contribution in [2.75, 3.05) is 19.8 Å². The van der Waals surface area contributed by atoms with Crippen molar-refractivity contribution in [1.82, 2.24) is 14.7 Å². The Morgan fingerprint density at radius 1 is 1.16 bits per heavy atom. The summed E-state index contributed by atoms with van der Waals surface area (Å²) in [5, 5.41) is 4.32. The summed E-state index contributed by atoms with van der Waals surface area (Å²) in [6, 6.07) is 8.13. The van der Waals surface area contributed by atoms with Crippen LogP contribution in [0.25, 0.3) is 0 Å². The molecular formula is C24H33N3O4. The molecule has 2 aromatic rings. The number of benzene rings is 1. The van der Waals surface area contributed by atoms with Gasteiger partial charge in [0.1, 0.15) is 5.75 Å². The van der Waals surface area contributed by atoms with Gasteiger partial charge in [-0.3, -0.25) is 9.48 Å². The molecule has 31 heavy (non-hydrogen) atoms. The van der Waals surface area contributed by atoms with Crippen molar-refractivity contribution in [3.63, 3.8) is 0 Å². The maximum atomic E-state index is 12.7. The van der Waals surface area contributed by atoms with Crippen LogP contribution in [0.15, 0.2) is 24.3 Å². The van der Waals surface area contributed by atoms with Gasteiger partial charge in [-0.05, 0) is 36.5 Å². The first-order chi connectivity index (χ1) is 14.7. The van der Waals surface area contributed by atoms with Gasteiger partial charge in [0.25, 0.3) is 0 Å². The highest BCUT2D eigenvalue weighted by atomic mass is 16.5. The summed E-state index contributed by atoms with van der Waals surface area (Å²) in [6.07, 6.45) is 1.73. The predicted molar refractivity (Wildman–Crippen MR) is 118 cm³/mol. The minimum atomic E-state index is -0.431. The molecule has 0 saturated carbocycles. The number of rotatable bonds is 7. The molecule has 0 radical (unpaired) electrons. The average Bonchev–Trinajstić information content (AvgIpc) is 3.07. The molecule has 0 atom stereocenters. The first kappa shape index (κ1) is 22.8. The molecule has 1 aliphatic heterocycles. The van der Waals surface area contributed by atoms with Crippen LogP contribution in [0.4, 0.5) is 0 Å². The van der Waals surface area contributed by atoms with Crippen LogP contribution in [0.1, 0.15) is 67.8 Å². The molecule has 1 amide bonds. The number of carbonyl (C=O) groups excluding carboxylic acids is 2. The Morgan fingerprint density at radius 3 is 2.52 bits per heavy atom. The van der Waals surface area contributed by atoms with E-state index in [2.05, 4.69) is 38.0 Å². The zero-order chi connectivity index (χ0) is 22.6. The highest BCUT2D eigenvalue weighted by Crippen LogP contribution is 2.25. The molecule has 0 unspecified atom stereocenters. The van der Waals surface area contributed by atoms with E-state index in [9.17, 15) is 9.59 Å². The Labute approximate surface area is 184 Å². The summed E-state index contributed by atoms with van der Waals surface area (Å²) >= 11 is 0. The predicted octanol–water partition coefficient (Wildman–Crippen LogP) is 3.64. The van der Waals surface area contributed by atoms with E-state index in [4.69, 9.17) is 9.47 Å². The van der Waals surface area contributed by atoms with Crippen molar-refractivity contribution in [1.29, 1.82) is 0 Å². The summed E-state index contributed by atoms with van der Waals surface area (Å²) in [4.78, 5) is 26.7. The van der Waals surface area contributed by atoms with Gasteiger partial charge >= 0.3 is 5.97 Å². The monoisotopic (exact) mass is 427 g/mol. The minimum absolute atomic E-state index is 0.0657. The Balaban J connectivity index is 1.50. The number of fused-ring (bicyclic) bond motifs is 1. The van der Waals surface area contributed by atoms with Crippen molar-refractivity contribution in [3.05, 3.63) is 46.8 Å². The highest BCUT2D eigenvalue weighted by Gasteiger charge is 2.29. The molecule has 0 spiro atoms. The summed E-state index contributed by atoms with van der Waals surface area (Å²) in [5.74, 6) is 0.452. The summed E-state index contributed by atoms with van der Waals surface area (Å²) in [5.41, 5.74) is 3.49. The average molecular weight is 428 g/mol. The van der Waals surface area contributed by atoms with Gasteiger partial charge < -0.3 is 14.4 Å². The van der Waals surface area contributed by atoms with Gasteiger partial charge in [0.2, 0.25) is 5.91 Å². The van der Waals surface area contributed by atoms with E-state index in [-0.39, 0.29) is 11.3 Å². The molecule has 0 aliphatic carbocycles. The van der Waals surface area contributed by atoms with Gasteiger partial charge in [0.05, 0.1) is 13.2 Å². The van der Waals surface area contributed by atoms with Gasteiger partial charge in [-0.2, -0.15) is 5.10 Å². The van der Waals surface area contributed by atoms with E-state index >= 15 is 0 Å². The second kappa shape index (κ2) is 9.54. The van der Waals surface area contributed by atoms with Gasteiger partial charge in [-0.15, -0.1) is 0 Å². The largest absolute Gasteiger partial charge is 0.494 e. The molecule has 1 aliphatic rings. The van der Waals surface area contributed by atoms with Gasteiger partial charge in [-0.1, -0.05) is 32.9 Å². The number of aromatic nitrogens is 2. The molecule has 1 aromatic carbocycles. The lowest BCUT2D eigenvalue weighted by Gasteiger charge is -2.27. The number of hydrogen-bond donors (Lipinski definition) is 0. The van der Waals surface area contributed by atoms with Crippen LogP contribution < -0.4 is 4.74 Å². The van der Waals surface area contributed by atoms with Crippen LogP contribution in [0.2, 0.25) is 0 Å². The van der Waals surface area contributed by atoms with Crippen molar-refractivity contribution >= 4 is 11.9 Å². The Kier molecular flexibility index (Phi) is 7.03. The lowest BCUT2D eigenvalue weighted by Crippen LogP contribution is -2.36. The van der Waals surface area contributed by atoms with Gasteiger partial charge in [0, 0.05) is 44.2 Å². The molecule has 3 rings (SSSR count). The van der Waals surface area contributed by atoms with Crippen molar-refractivity contribution in [2.45, 2.75) is 58.9 Å². The molecule has 7 nitrogen and oxygen atoms in total. The maximum absolute atomic E-state index is 12.7.